The minimum Gasteiger partial charge on any atom is -0.451 e. The van der Waals surface area contributed by atoms with E-state index in [4.69, 9.17) is 14.2 Å². The van der Waals surface area contributed by atoms with Crippen molar-refractivity contribution in [2.24, 2.45) is 0 Å². The Bertz CT molecular complexity index is 1680. The Morgan fingerprint density at radius 1 is 1.02 bits per heavy atom. The molecule has 3 saturated heterocycles. The van der Waals surface area contributed by atoms with Crippen LogP contribution in [0.3, 0.4) is 0 Å². The summed E-state index contributed by atoms with van der Waals surface area (Å²) < 4.78 is 16.7. The lowest BCUT2D eigenvalue weighted by Gasteiger charge is -2.51. The van der Waals surface area contributed by atoms with Gasteiger partial charge in [-0.2, -0.15) is 0 Å². The third-order valence-corrected chi connectivity index (χ3v) is 9.92. The maximum atomic E-state index is 14.3. The lowest BCUT2D eigenvalue weighted by molar-refractivity contribution is -0.164. The molecule has 4 aliphatic heterocycles. The molecule has 0 radical (unpaired) electrons. The van der Waals surface area contributed by atoms with Crippen LogP contribution in [-0.4, -0.2) is 100 Å². The molecule has 3 fully saturated rings. The molecule has 1 N–H and O–H groups in total. The normalized spacial score (nSPS) is 22.7. The van der Waals surface area contributed by atoms with E-state index in [1.165, 1.54) is 27.6 Å². The Balaban J connectivity index is 1.25. The number of nitrogens with one attached hydrogen (secondary N) is 1. The average molecular weight is 701 g/mol. The number of benzene rings is 2. The smallest absolute Gasteiger partial charge is 0.410 e. The summed E-state index contributed by atoms with van der Waals surface area (Å²) in [5.41, 5.74) is 1.66. The average Bonchev–Trinajstić information content (AvgIpc) is 3.42. The molecule has 2 aromatic carbocycles. The van der Waals surface area contributed by atoms with E-state index in [0.717, 1.165) is 11.1 Å². The Labute approximate surface area is 295 Å². The third kappa shape index (κ3) is 7.28. The molecule has 4 amide bonds. The van der Waals surface area contributed by atoms with E-state index in [-0.39, 0.29) is 18.6 Å². The zero-order valence-corrected chi connectivity index (χ0v) is 29.0. The lowest BCUT2D eigenvalue weighted by Crippen LogP contribution is -2.74. The van der Waals surface area contributed by atoms with Crippen molar-refractivity contribution in [3.05, 3.63) is 107 Å². The van der Waals surface area contributed by atoms with Crippen molar-refractivity contribution in [1.29, 1.82) is 0 Å². The van der Waals surface area contributed by atoms with Crippen molar-refractivity contribution in [3.63, 3.8) is 0 Å². The van der Waals surface area contributed by atoms with E-state index in [1.807, 2.05) is 60.7 Å². The molecular weight excluding hydrogens is 660 g/mol. The van der Waals surface area contributed by atoms with Crippen molar-refractivity contribution in [2.45, 2.75) is 62.4 Å². The monoisotopic (exact) mass is 700 g/mol. The number of ether oxygens (including phenoxy) is 3. The molecule has 4 aliphatic rings. The van der Waals surface area contributed by atoms with Crippen molar-refractivity contribution in [1.82, 2.24) is 20.0 Å². The molecule has 13 heteroatoms. The molecule has 6 rings (SSSR count). The number of likely N-dealkylation sites (tertiary alicyclic amines) is 2. The van der Waals surface area contributed by atoms with E-state index in [0.29, 0.717) is 37.2 Å². The molecule has 0 bridgehead atoms. The number of esters is 1. The Morgan fingerprint density at radius 3 is 2.26 bits per heavy atom. The minimum absolute atomic E-state index is 0.113. The van der Waals surface area contributed by atoms with Gasteiger partial charge in [-0.25, -0.2) is 14.4 Å². The molecule has 12 nitrogen and oxygen atoms in total. The number of hydrogen-bond donors (Lipinski definition) is 1. The summed E-state index contributed by atoms with van der Waals surface area (Å²) in [5.74, 6) is -1.33. The van der Waals surface area contributed by atoms with Gasteiger partial charge >= 0.3 is 18.2 Å². The van der Waals surface area contributed by atoms with E-state index in [1.54, 1.807) is 37.2 Å². The van der Waals surface area contributed by atoms with Crippen LogP contribution < -0.4 is 5.32 Å². The molecule has 0 unspecified atom stereocenters. The molecular formula is C37H40N4O8S. The van der Waals surface area contributed by atoms with Crippen LogP contribution in [0.25, 0.3) is 0 Å². The van der Waals surface area contributed by atoms with Crippen molar-refractivity contribution >= 4 is 41.7 Å². The predicted molar refractivity (Wildman–Crippen MR) is 185 cm³/mol. The number of fused-ring (bicyclic) bond motifs is 1. The number of hydrogen-bond acceptors (Lipinski definition) is 9. The van der Waals surface area contributed by atoms with Crippen molar-refractivity contribution < 1.29 is 38.2 Å². The van der Waals surface area contributed by atoms with E-state index in [9.17, 15) is 24.0 Å². The highest BCUT2D eigenvalue weighted by Crippen LogP contribution is 2.42. The Hall–Kier alpha value is -5.04. The summed E-state index contributed by atoms with van der Waals surface area (Å²) in [6.07, 6.45) is 1.65. The van der Waals surface area contributed by atoms with Crippen LogP contribution in [0.5, 0.6) is 0 Å². The number of nitrogens with zero attached hydrogens (tertiary/aromatic N) is 3. The van der Waals surface area contributed by atoms with Gasteiger partial charge in [0, 0.05) is 25.2 Å². The van der Waals surface area contributed by atoms with Crippen molar-refractivity contribution in [2.75, 3.05) is 26.2 Å². The molecule has 4 heterocycles. The standard InChI is InChI=1S/C37H40N4O8S/c1-5-18-47-36(46)39-20-27(21-39)40-17-16-25(31(40)42)19-26-22-50-33-28(38-35(45)49-37(2,3)4)32(43)41(33)29(26)34(44)48-30(23-12-8-6-9-13-23)24-14-10-7-11-15-24/h5-15,19,22,27-30,33H,1,16-18,20-21H2,2-4H3,(H,38,45)/t28-,29-,33-/m1/s1. The molecule has 2 aromatic rings. The van der Waals surface area contributed by atoms with Gasteiger partial charge in [-0.1, -0.05) is 73.3 Å². The minimum atomic E-state index is -1.17. The molecule has 50 heavy (non-hydrogen) atoms. The number of β-lactam (4-membered cyclic amide) rings is 1. The first-order valence-corrected chi connectivity index (χ1v) is 17.4. The van der Waals surface area contributed by atoms with Gasteiger partial charge in [0.05, 0.1) is 6.04 Å². The van der Waals surface area contributed by atoms with Crippen LogP contribution in [0.1, 0.15) is 44.4 Å². The quantitative estimate of drug-likeness (QED) is 0.132. The second-order valence-corrected chi connectivity index (χ2v) is 14.4. The summed E-state index contributed by atoms with van der Waals surface area (Å²) >= 11 is 1.27. The lowest BCUT2D eigenvalue weighted by atomic mass is 9.95. The number of thioether (sulfide) groups is 1. The summed E-state index contributed by atoms with van der Waals surface area (Å²) in [7, 11) is 0. The largest absolute Gasteiger partial charge is 0.451 e. The van der Waals surface area contributed by atoms with Gasteiger partial charge in [0.2, 0.25) is 11.8 Å². The fourth-order valence-electron chi connectivity index (χ4n) is 6.31. The molecule has 0 spiro atoms. The zero-order valence-electron chi connectivity index (χ0n) is 28.2. The van der Waals surface area contributed by atoms with Gasteiger partial charge in [0.15, 0.2) is 12.1 Å². The van der Waals surface area contributed by atoms with E-state index >= 15 is 0 Å². The predicted octanol–water partition coefficient (Wildman–Crippen LogP) is 4.55. The molecule has 0 aromatic heterocycles. The van der Waals surface area contributed by atoms with Gasteiger partial charge in [-0.15, -0.1) is 11.8 Å². The first kappa shape index (κ1) is 34.8. The van der Waals surface area contributed by atoms with Crippen LogP contribution in [0.2, 0.25) is 0 Å². The van der Waals surface area contributed by atoms with E-state index < -0.39 is 53.2 Å². The summed E-state index contributed by atoms with van der Waals surface area (Å²) in [6, 6.07) is 16.4. The number of alkyl carbamates (subject to hydrolysis) is 1. The molecule has 0 saturated carbocycles. The zero-order chi connectivity index (χ0) is 35.6. The Morgan fingerprint density at radius 2 is 1.66 bits per heavy atom. The van der Waals surface area contributed by atoms with Crippen LogP contribution in [-0.2, 0) is 28.6 Å². The van der Waals surface area contributed by atoms with Crippen LogP contribution in [0.4, 0.5) is 9.59 Å². The maximum absolute atomic E-state index is 14.3. The fourth-order valence-corrected chi connectivity index (χ4v) is 7.51. The van der Waals surface area contributed by atoms with Crippen LogP contribution in [0, 0.1) is 0 Å². The Kier molecular flexibility index (Phi) is 10.1. The van der Waals surface area contributed by atoms with E-state index in [2.05, 4.69) is 11.9 Å². The second-order valence-electron chi connectivity index (χ2n) is 13.4. The number of amides is 4. The highest BCUT2D eigenvalue weighted by atomic mass is 32.2. The SMILES string of the molecule is C=CCOC(=O)N1CC(N2CCC(=CC3=CS[C@@H]4[C@H](NC(=O)OC(C)(C)C)C(=O)N4[C@H]3C(=O)OC(c3ccccc3)c3ccccc3)C2=O)C1. The van der Waals surface area contributed by atoms with Gasteiger partial charge in [-0.05, 0) is 55.4 Å². The maximum Gasteiger partial charge on any atom is 0.410 e. The third-order valence-electron chi connectivity index (χ3n) is 8.74. The highest BCUT2D eigenvalue weighted by Gasteiger charge is 2.57. The fraction of sp³-hybridized carbons (Fsp3) is 0.378. The number of carbonyl (C=O) groups excluding carboxylic acids is 5. The van der Waals surface area contributed by atoms with Crippen LogP contribution >= 0.6 is 11.8 Å². The second kappa shape index (κ2) is 14.4. The first-order valence-electron chi connectivity index (χ1n) is 16.5. The summed E-state index contributed by atoms with van der Waals surface area (Å²) in [5, 5.41) is 3.81. The number of rotatable bonds is 9. The molecule has 0 aliphatic carbocycles. The van der Waals surface area contributed by atoms with Crippen LogP contribution in [0.15, 0.2) is 95.9 Å². The number of carbonyl (C=O) groups is 5. The van der Waals surface area contributed by atoms with Crippen molar-refractivity contribution in [3.8, 4) is 0 Å². The van der Waals surface area contributed by atoms with Gasteiger partial charge < -0.3 is 34.2 Å². The molecule has 262 valence electrons. The first-order chi connectivity index (χ1) is 23.9. The summed E-state index contributed by atoms with van der Waals surface area (Å²) in [6.45, 7) is 10.0. The topological polar surface area (TPSA) is 135 Å². The van der Waals surface area contributed by atoms with Gasteiger partial charge in [0.1, 0.15) is 23.6 Å². The highest BCUT2D eigenvalue weighted by molar-refractivity contribution is 8.03. The van der Waals surface area contributed by atoms with Gasteiger partial charge in [-0.3, -0.25) is 9.59 Å². The summed E-state index contributed by atoms with van der Waals surface area (Å²) in [4.78, 5) is 71.1. The van der Waals surface area contributed by atoms with Gasteiger partial charge in [0.25, 0.3) is 0 Å². The molecule has 3 atom stereocenters.